The van der Waals surface area contributed by atoms with E-state index in [9.17, 15) is 13.2 Å². The van der Waals surface area contributed by atoms with Crippen LogP contribution in [0.3, 0.4) is 0 Å². The normalized spacial score (nSPS) is 16.9. The molecule has 1 saturated carbocycles. The van der Waals surface area contributed by atoms with Gasteiger partial charge in [-0.05, 0) is 75.0 Å². The van der Waals surface area contributed by atoms with E-state index in [0.29, 0.717) is 12.2 Å². The van der Waals surface area contributed by atoms with Crippen LogP contribution in [0.1, 0.15) is 74.3 Å². The van der Waals surface area contributed by atoms with E-state index in [0.717, 1.165) is 64.9 Å². The molecule has 0 aliphatic heterocycles. The molecule has 0 radical (unpaired) electrons. The molecule has 0 N–H and O–H groups in total. The van der Waals surface area contributed by atoms with Crippen LogP contribution in [0, 0.1) is 5.92 Å². The Hall–Kier alpha value is -4.83. The minimum absolute atomic E-state index is 0.0213. The first-order chi connectivity index (χ1) is 29.5. The van der Waals surface area contributed by atoms with Gasteiger partial charge in [0.1, 0.15) is 11.7 Å². The zero-order valence-electron chi connectivity index (χ0n) is 35.4. The quantitative estimate of drug-likeness (QED) is 0.0677. The molecule has 6 aromatic carbocycles. The first-order valence-corrected chi connectivity index (χ1v) is 23.3. The zero-order chi connectivity index (χ0) is 42.8. The minimum atomic E-state index is -4.41. The fourth-order valence-corrected chi connectivity index (χ4v) is 13.5. The molecule has 7 rings (SSSR count). The molecular weight excluding hydrogens is 786 g/mol. The van der Waals surface area contributed by atoms with Crippen LogP contribution in [-0.2, 0) is 37.0 Å². The number of rotatable bonds is 17. The lowest BCUT2D eigenvalue weighted by Crippen LogP contribution is -2.67. The predicted molar refractivity (Wildman–Crippen MR) is 240 cm³/mol. The van der Waals surface area contributed by atoms with E-state index in [2.05, 4.69) is 142 Å². The van der Waals surface area contributed by atoms with Crippen LogP contribution in [0.2, 0.25) is 5.04 Å². The maximum Gasteiger partial charge on any atom is 0.416 e. The summed E-state index contributed by atoms with van der Waals surface area (Å²) >= 11 is 0. The first-order valence-electron chi connectivity index (χ1n) is 21.4. The van der Waals surface area contributed by atoms with Gasteiger partial charge in [0.15, 0.2) is 0 Å². The van der Waals surface area contributed by atoms with E-state index < -0.39 is 31.8 Å². The van der Waals surface area contributed by atoms with Gasteiger partial charge in [0.05, 0.1) is 38.1 Å². The Morgan fingerprint density at radius 2 is 1.05 bits per heavy atom. The predicted octanol–water partition coefficient (Wildman–Crippen LogP) is 11.8. The van der Waals surface area contributed by atoms with Crippen LogP contribution in [0.5, 0.6) is 0 Å². The van der Waals surface area contributed by atoms with Crippen LogP contribution in [0.15, 0.2) is 176 Å². The van der Waals surface area contributed by atoms with Gasteiger partial charge in [0.25, 0.3) is 8.32 Å². The third-order valence-electron chi connectivity index (χ3n) is 12.0. The molecule has 1 fully saturated rings. The van der Waals surface area contributed by atoms with Crippen LogP contribution in [-0.4, -0.2) is 40.3 Å². The first kappa shape index (κ1) is 44.2. The van der Waals surface area contributed by atoms with Gasteiger partial charge in [0, 0.05) is 0 Å². The zero-order valence-corrected chi connectivity index (χ0v) is 36.4. The molecule has 318 valence electrons. The molecule has 61 heavy (non-hydrogen) atoms. The van der Waals surface area contributed by atoms with Crippen molar-refractivity contribution in [1.82, 2.24) is 0 Å². The fraction of sp³-hybridized carbons (Fsp3) is 0.321. The molecule has 8 heteroatoms. The van der Waals surface area contributed by atoms with Gasteiger partial charge in [-0.2, -0.15) is 13.2 Å². The Bertz CT molecular complexity index is 2060. The molecular formula is C53H57F3O4Si. The summed E-state index contributed by atoms with van der Waals surface area (Å²) in [6.07, 6.45) is -1.14. The Labute approximate surface area is 360 Å². The van der Waals surface area contributed by atoms with Crippen molar-refractivity contribution in [1.29, 1.82) is 0 Å². The van der Waals surface area contributed by atoms with Crippen LogP contribution in [0.25, 0.3) is 0 Å². The van der Waals surface area contributed by atoms with Gasteiger partial charge in [0.2, 0.25) is 0 Å². The van der Waals surface area contributed by atoms with E-state index >= 15 is 0 Å². The van der Waals surface area contributed by atoms with E-state index in [1.807, 2.05) is 30.3 Å². The van der Waals surface area contributed by atoms with Crippen molar-refractivity contribution in [2.45, 2.75) is 82.1 Å². The van der Waals surface area contributed by atoms with E-state index in [-0.39, 0.29) is 36.9 Å². The summed E-state index contributed by atoms with van der Waals surface area (Å²) in [5, 5.41) is 2.06. The number of hydrogen-bond donors (Lipinski definition) is 0. The summed E-state index contributed by atoms with van der Waals surface area (Å²) in [5.74, 6) is 0.258. The summed E-state index contributed by atoms with van der Waals surface area (Å²) in [4.78, 5) is 0. The highest BCUT2D eigenvalue weighted by Gasteiger charge is 2.50. The molecule has 0 saturated heterocycles. The monoisotopic (exact) mass is 842 g/mol. The van der Waals surface area contributed by atoms with Gasteiger partial charge >= 0.3 is 6.18 Å². The van der Waals surface area contributed by atoms with Crippen LogP contribution in [0.4, 0.5) is 13.2 Å². The lowest BCUT2D eigenvalue weighted by atomic mass is 9.79. The molecule has 4 nitrogen and oxygen atoms in total. The van der Waals surface area contributed by atoms with Gasteiger partial charge in [-0.25, -0.2) is 0 Å². The second-order valence-electron chi connectivity index (χ2n) is 17.2. The van der Waals surface area contributed by atoms with Gasteiger partial charge in [-0.1, -0.05) is 191 Å². The summed E-state index contributed by atoms with van der Waals surface area (Å²) < 4.78 is 68.1. The lowest BCUT2D eigenvalue weighted by Gasteiger charge is -2.43. The Balaban J connectivity index is 1.11. The van der Waals surface area contributed by atoms with Crippen LogP contribution >= 0.6 is 0 Å². The molecule has 1 aliphatic rings. The largest absolute Gasteiger partial charge is 0.416 e. The average molecular weight is 843 g/mol. The number of hydrogen-bond acceptors (Lipinski definition) is 4. The second kappa shape index (κ2) is 19.9. The van der Waals surface area contributed by atoms with Gasteiger partial charge in [-0.3, -0.25) is 0 Å². The highest BCUT2D eigenvalue weighted by molar-refractivity contribution is 6.99. The maximum atomic E-state index is 13.4. The number of benzene rings is 6. The minimum Gasteiger partial charge on any atom is -0.405 e. The molecule has 0 heterocycles. The van der Waals surface area contributed by atoms with Crippen molar-refractivity contribution in [3.63, 3.8) is 0 Å². The third-order valence-corrected chi connectivity index (χ3v) is 17.0. The fourth-order valence-electron chi connectivity index (χ4n) is 8.93. The van der Waals surface area contributed by atoms with E-state index in [1.54, 1.807) is 0 Å². The molecule has 0 amide bonds. The third kappa shape index (κ3) is 10.4. The van der Waals surface area contributed by atoms with Gasteiger partial charge < -0.3 is 18.6 Å². The van der Waals surface area contributed by atoms with Crippen molar-refractivity contribution in [2.75, 3.05) is 19.8 Å². The molecule has 2 unspecified atom stereocenters. The Kier molecular flexibility index (Phi) is 14.4. The smallest absolute Gasteiger partial charge is 0.405 e. The summed E-state index contributed by atoms with van der Waals surface area (Å²) in [6.45, 7) is 7.90. The number of ether oxygens (including phenoxy) is 3. The summed E-state index contributed by atoms with van der Waals surface area (Å²) in [6, 6.07) is 57.5. The van der Waals surface area contributed by atoms with E-state index in [4.69, 9.17) is 18.6 Å². The number of alkyl halides is 3. The standard InChI is InChI=1S/C53H57F3O4Si/c1-51(2,3)61(49-28-15-7-16-29-49,50-30-17-8-18-31-50)60-40-48(57-37-41-32-34-46(35-33-41)53(54,55)56)39-58-47-27-19-20-42(36-47)38-59-52(43-21-9-4-10-22-43,44-23-11-5-12-24-44)45-25-13-6-14-26-45/h4-18,21-26,28-35,42,47-48H,19-20,27,36-40H2,1-3H3/t42?,47?,48-/m1/s1. The van der Waals surface area contributed by atoms with Crippen molar-refractivity contribution >= 4 is 18.7 Å². The van der Waals surface area contributed by atoms with Crippen molar-refractivity contribution in [3.05, 3.63) is 204 Å². The van der Waals surface area contributed by atoms with E-state index in [1.165, 1.54) is 12.1 Å². The number of halogens is 3. The van der Waals surface area contributed by atoms with Crippen molar-refractivity contribution in [3.8, 4) is 0 Å². The van der Waals surface area contributed by atoms with Crippen molar-refractivity contribution < 1.29 is 31.8 Å². The molecule has 0 aromatic heterocycles. The molecule has 0 bridgehead atoms. The Morgan fingerprint density at radius 3 is 1.51 bits per heavy atom. The molecule has 0 spiro atoms. The summed E-state index contributed by atoms with van der Waals surface area (Å²) in [5.41, 5.74) is 2.39. The Morgan fingerprint density at radius 1 is 0.574 bits per heavy atom. The summed E-state index contributed by atoms with van der Waals surface area (Å²) in [7, 11) is -2.92. The SMILES string of the molecule is CC(C)(C)[Si](OC[C@@H](COC1CCCC(COC(c2ccccc2)(c2ccccc2)c2ccccc2)C1)OCc1ccc(C(F)(F)F)cc1)(c1ccccc1)c1ccccc1. The lowest BCUT2D eigenvalue weighted by molar-refractivity contribution is -0.137. The van der Waals surface area contributed by atoms with Crippen LogP contribution < -0.4 is 10.4 Å². The highest BCUT2D eigenvalue weighted by atomic mass is 28.4. The highest BCUT2D eigenvalue weighted by Crippen LogP contribution is 2.42. The molecule has 1 aliphatic carbocycles. The second-order valence-corrected chi connectivity index (χ2v) is 21.5. The maximum absolute atomic E-state index is 13.4. The average Bonchev–Trinajstić information content (AvgIpc) is 3.29. The van der Waals surface area contributed by atoms with Gasteiger partial charge in [-0.15, -0.1) is 0 Å². The topological polar surface area (TPSA) is 36.9 Å². The van der Waals surface area contributed by atoms with Crippen molar-refractivity contribution in [2.24, 2.45) is 5.92 Å². The molecule has 6 aromatic rings. The molecule has 3 atom stereocenters.